The third-order valence-corrected chi connectivity index (χ3v) is 3.76. The minimum atomic E-state index is -1.14. The molecule has 3 aromatic rings. The number of amides is 1. The highest BCUT2D eigenvalue weighted by molar-refractivity contribution is 6.08. The maximum Gasteiger partial charge on any atom is 0.337 e. The van der Waals surface area contributed by atoms with Crippen molar-refractivity contribution in [2.24, 2.45) is 0 Å². The first-order chi connectivity index (χ1) is 12.2. The fraction of sp³-hybridized carbons (Fsp3) is 0.0500. The van der Waals surface area contributed by atoms with Crippen LogP contribution in [0, 0.1) is 0 Å². The van der Waals surface area contributed by atoms with Gasteiger partial charge in [-0.1, -0.05) is 48.5 Å². The lowest BCUT2D eigenvalue weighted by Crippen LogP contribution is -2.25. The van der Waals surface area contributed by atoms with Gasteiger partial charge in [-0.15, -0.1) is 0 Å². The minimum absolute atomic E-state index is 0.00720. The van der Waals surface area contributed by atoms with Crippen molar-refractivity contribution in [3.05, 3.63) is 89.7 Å². The Bertz CT molecular complexity index is 893. The second kappa shape index (κ2) is 7.40. The molecule has 1 amide bonds. The summed E-state index contributed by atoms with van der Waals surface area (Å²) in [5, 5.41) is 12.4. The van der Waals surface area contributed by atoms with Gasteiger partial charge in [0.25, 0.3) is 5.91 Å². The van der Waals surface area contributed by atoms with Gasteiger partial charge in [0.05, 0.1) is 23.4 Å². The zero-order valence-corrected chi connectivity index (χ0v) is 13.3. The SMILES string of the molecule is O=C(NCc1ccccn1)c1cccc(-c2ccccc2)c1C(=O)O. The summed E-state index contributed by atoms with van der Waals surface area (Å²) in [6, 6.07) is 19.5. The molecule has 0 aliphatic heterocycles. The van der Waals surface area contributed by atoms with Gasteiger partial charge in [-0.3, -0.25) is 9.78 Å². The van der Waals surface area contributed by atoms with Gasteiger partial charge in [0.15, 0.2) is 0 Å². The van der Waals surface area contributed by atoms with Gasteiger partial charge in [-0.2, -0.15) is 0 Å². The molecule has 0 saturated carbocycles. The minimum Gasteiger partial charge on any atom is -0.478 e. The Morgan fingerprint density at radius 1 is 0.920 bits per heavy atom. The highest BCUT2D eigenvalue weighted by Crippen LogP contribution is 2.26. The topological polar surface area (TPSA) is 79.3 Å². The number of pyridine rings is 1. The molecule has 2 aromatic carbocycles. The molecule has 25 heavy (non-hydrogen) atoms. The van der Waals surface area contributed by atoms with Crippen molar-refractivity contribution in [1.82, 2.24) is 10.3 Å². The van der Waals surface area contributed by atoms with E-state index >= 15 is 0 Å². The standard InChI is InChI=1S/C20H16N2O3/c23-19(22-13-15-9-4-5-12-21-15)17-11-6-10-16(18(17)20(24)25)14-7-2-1-3-8-14/h1-12H,13H2,(H,22,23)(H,24,25). The van der Waals surface area contributed by atoms with E-state index in [1.165, 1.54) is 6.07 Å². The Morgan fingerprint density at radius 2 is 1.68 bits per heavy atom. The number of carbonyl (C=O) groups excluding carboxylic acids is 1. The predicted molar refractivity (Wildman–Crippen MR) is 94.2 cm³/mol. The van der Waals surface area contributed by atoms with Crippen molar-refractivity contribution < 1.29 is 14.7 Å². The first-order valence-corrected chi connectivity index (χ1v) is 7.76. The van der Waals surface area contributed by atoms with E-state index < -0.39 is 11.9 Å². The smallest absolute Gasteiger partial charge is 0.337 e. The van der Waals surface area contributed by atoms with E-state index in [0.717, 1.165) is 5.56 Å². The van der Waals surface area contributed by atoms with Crippen LogP contribution in [0.15, 0.2) is 72.9 Å². The molecule has 5 nitrogen and oxygen atoms in total. The van der Waals surface area contributed by atoms with Crippen LogP contribution in [0.4, 0.5) is 0 Å². The fourth-order valence-electron chi connectivity index (χ4n) is 2.60. The molecule has 3 rings (SSSR count). The number of benzene rings is 2. The van der Waals surface area contributed by atoms with Crippen LogP contribution in [0.3, 0.4) is 0 Å². The van der Waals surface area contributed by atoms with Crippen LogP contribution in [0.5, 0.6) is 0 Å². The average molecular weight is 332 g/mol. The van der Waals surface area contributed by atoms with E-state index in [4.69, 9.17) is 0 Å². The quantitative estimate of drug-likeness (QED) is 0.751. The second-order valence-electron chi connectivity index (χ2n) is 5.40. The Kier molecular flexibility index (Phi) is 4.85. The highest BCUT2D eigenvalue weighted by atomic mass is 16.4. The number of hydrogen-bond acceptors (Lipinski definition) is 3. The molecule has 0 aliphatic rings. The van der Waals surface area contributed by atoms with Crippen LogP contribution >= 0.6 is 0 Å². The summed E-state index contributed by atoms with van der Waals surface area (Å²) in [4.78, 5) is 28.5. The normalized spacial score (nSPS) is 10.2. The van der Waals surface area contributed by atoms with Crippen LogP contribution < -0.4 is 5.32 Å². The molecule has 0 radical (unpaired) electrons. The van der Waals surface area contributed by atoms with Gasteiger partial charge in [-0.25, -0.2) is 4.79 Å². The molecule has 124 valence electrons. The van der Waals surface area contributed by atoms with Crippen molar-refractivity contribution in [3.63, 3.8) is 0 Å². The molecule has 5 heteroatoms. The van der Waals surface area contributed by atoms with Gasteiger partial charge < -0.3 is 10.4 Å². The maximum absolute atomic E-state index is 12.5. The van der Waals surface area contributed by atoms with E-state index in [0.29, 0.717) is 11.3 Å². The lowest BCUT2D eigenvalue weighted by molar-refractivity contribution is 0.0692. The molecule has 0 bridgehead atoms. The summed E-state index contributed by atoms with van der Waals surface area (Å²) >= 11 is 0. The highest BCUT2D eigenvalue weighted by Gasteiger charge is 2.21. The largest absolute Gasteiger partial charge is 0.478 e. The van der Waals surface area contributed by atoms with Crippen molar-refractivity contribution in [2.45, 2.75) is 6.54 Å². The molecule has 0 saturated heterocycles. The molecular formula is C20H16N2O3. The summed E-state index contributed by atoms with van der Waals surface area (Å²) in [6.45, 7) is 0.230. The number of carboxylic acids is 1. The number of rotatable bonds is 5. The number of nitrogens with one attached hydrogen (secondary N) is 1. The Hall–Kier alpha value is -3.47. The molecule has 0 aliphatic carbocycles. The number of aromatic carboxylic acids is 1. The molecule has 1 aromatic heterocycles. The lowest BCUT2D eigenvalue weighted by atomic mass is 9.95. The number of nitrogens with zero attached hydrogens (tertiary/aromatic N) is 1. The third-order valence-electron chi connectivity index (χ3n) is 3.76. The summed E-state index contributed by atoms with van der Waals surface area (Å²) in [5.74, 6) is -1.58. The van der Waals surface area contributed by atoms with Crippen molar-refractivity contribution >= 4 is 11.9 Å². The number of aromatic nitrogens is 1. The van der Waals surface area contributed by atoms with Crippen LogP contribution in [-0.4, -0.2) is 22.0 Å². The van der Waals surface area contributed by atoms with Crippen LogP contribution in [0.2, 0.25) is 0 Å². The van der Waals surface area contributed by atoms with Gasteiger partial charge >= 0.3 is 5.97 Å². The monoisotopic (exact) mass is 332 g/mol. The first kappa shape index (κ1) is 16.4. The van der Waals surface area contributed by atoms with Gasteiger partial charge in [0.1, 0.15) is 0 Å². The van der Waals surface area contributed by atoms with Crippen molar-refractivity contribution in [2.75, 3.05) is 0 Å². The Balaban J connectivity index is 1.93. The van der Waals surface area contributed by atoms with Crippen LogP contribution in [0.25, 0.3) is 11.1 Å². The molecule has 2 N–H and O–H groups in total. The molecule has 0 spiro atoms. The van der Waals surface area contributed by atoms with Crippen molar-refractivity contribution in [3.8, 4) is 11.1 Å². The molecule has 1 heterocycles. The second-order valence-corrected chi connectivity index (χ2v) is 5.40. The fourth-order valence-corrected chi connectivity index (χ4v) is 2.60. The van der Waals surface area contributed by atoms with Gasteiger partial charge in [-0.05, 0) is 29.3 Å². The van der Waals surface area contributed by atoms with Gasteiger partial charge in [0.2, 0.25) is 0 Å². The van der Waals surface area contributed by atoms with Gasteiger partial charge in [0, 0.05) is 6.20 Å². The molecule has 0 atom stereocenters. The maximum atomic E-state index is 12.5. The summed E-state index contributed by atoms with van der Waals surface area (Å²) < 4.78 is 0. The van der Waals surface area contributed by atoms with E-state index in [2.05, 4.69) is 10.3 Å². The average Bonchev–Trinajstić information content (AvgIpc) is 2.67. The Morgan fingerprint density at radius 3 is 2.36 bits per heavy atom. The zero-order valence-electron chi connectivity index (χ0n) is 13.3. The predicted octanol–water partition coefficient (Wildman–Crippen LogP) is 3.38. The van der Waals surface area contributed by atoms with E-state index in [-0.39, 0.29) is 17.7 Å². The number of carbonyl (C=O) groups is 2. The summed E-state index contributed by atoms with van der Waals surface area (Å²) in [7, 11) is 0. The van der Waals surface area contributed by atoms with E-state index in [1.54, 1.807) is 30.5 Å². The first-order valence-electron chi connectivity index (χ1n) is 7.76. The molecule has 0 fully saturated rings. The lowest BCUT2D eigenvalue weighted by Gasteiger charge is -2.12. The zero-order chi connectivity index (χ0) is 17.6. The van der Waals surface area contributed by atoms with E-state index in [1.807, 2.05) is 36.4 Å². The van der Waals surface area contributed by atoms with Crippen molar-refractivity contribution in [1.29, 1.82) is 0 Å². The van der Waals surface area contributed by atoms with Crippen LogP contribution in [-0.2, 0) is 6.54 Å². The molecular weight excluding hydrogens is 316 g/mol. The molecule has 0 unspecified atom stereocenters. The van der Waals surface area contributed by atoms with E-state index in [9.17, 15) is 14.7 Å². The summed E-state index contributed by atoms with van der Waals surface area (Å²) in [6.07, 6.45) is 1.64. The Labute approximate surface area is 145 Å². The van der Waals surface area contributed by atoms with Crippen LogP contribution in [0.1, 0.15) is 26.4 Å². The summed E-state index contributed by atoms with van der Waals surface area (Å²) in [5.41, 5.74) is 2.09. The third kappa shape index (κ3) is 3.72. The number of carboxylic acid groups (broad SMARTS) is 1. The number of hydrogen-bond donors (Lipinski definition) is 2.